The number of fused-ring (bicyclic) bond motifs is 1. The minimum absolute atomic E-state index is 0.0516. The first-order valence-corrected chi connectivity index (χ1v) is 5.82. The Labute approximate surface area is 115 Å². The molecule has 20 heavy (non-hydrogen) atoms. The minimum atomic E-state index is -0.816. The average Bonchev–Trinajstić information content (AvgIpc) is 2.92. The summed E-state index contributed by atoms with van der Waals surface area (Å²) in [5.74, 6) is 0.210. The fraction of sp³-hybridized carbons (Fsp3) is 0.214. The molecule has 0 amide bonds. The molecule has 1 aliphatic rings. The number of benzene rings is 1. The van der Waals surface area contributed by atoms with E-state index in [1.807, 2.05) is 6.07 Å². The van der Waals surface area contributed by atoms with Crippen LogP contribution >= 0.6 is 0 Å². The fourth-order valence-electron chi connectivity index (χ4n) is 1.72. The Hall–Kier alpha value is -2.99. The van der Waals surface area contributed by atoms with Crippen LogP contribution in [0.4, 0.5) is 0 Å². The summed E-state index contributed by atoms with van der Waals surface area (Å²) < 4.78 is 15.1. The summed E-state index contributed by atoms with van der Waals surface area (Å²) in [5.41, 5.74) is 0.0267. The molecule has 1 aromatic rings. The third-order valence-electron chi connectivity index (χ3n) is 2.61. The van der Waals surface area contributed by atoms with Gasteiger partial charge in [0.15, 0.2) is 17.1 Å². The lowest BCUT2D eigenvalue weighted by Gasteiger charge is -2.04. The number of allylic oxidation sites excluding steroid dienone is 1. The Morgan fingerprint density at radius 2 is 2.05 bits per heavy atom. The van der Waals surface area contributed by atoms with Crippen LogP contribution in [0.2, 0.25) is 0 Å². The highest BCUT2D eigenvalue weighted by atomic mass is 16.7. The third-order valence-corrected chi connectivity index (χ3v) is 2.61. The normalized spacial score (nSPS) is 12.9. The van der Waals surface area contributed by atoms with Crippen LogP contribution in [-0.4, -0.2) is 19.4 Å². The van der Waals surface area contributed by atoms with Gasteiger partial charge < -0.3 is 14.2 Å². The SMILES string of the molecule is CCOC(=O)/C(C#N)=C(\C#N)c1ccc2c(c1)OCO2. The minimum Gasteiger partial charge on any atom is -0.462 e. The van der Waals surface area contributed by atoms with Crippen molar-refractivity contribution < 1.29 is 19.0 Å². The predicted octanol–water partition coefficient (Wildman–Crippen LogP) is 1.78. The number of esters is 1. The van der Waals surface area contributed by atoms with E-state index < -0.39 is 5.97 Å². The standard InChI is InChI=1S/C14H10N2O4/c1-2-18-14(17)11(7-16)10(6-15)9-3-4-12-13(5-9)20-8-19-12/h3-5H,2,8H2,1H3/b11-10+. The molecular weight excluding hydrogens is 260 g/mol. The number of ether oxygens (including phenoxy) is 3. The molecule has 0 radical (unpaired) electrons. The molecule has 1 aromatic carbocycles. The number of carbonyl (C=O) groups is 1. The summed E-state index contributed by atoms with van der Waals surface area (Å²) >= 11 is 0. The van der Waals surface area contributed by atoms with Crippen molar-refractivity contribution in [2.75, 3.05) is 13.4 Å². The average molecular weight is 270 g/mol. The van der Waals surface area contributed by atoms with Gasteiger partial charge in [0, 0.05) is 0 Å². The maximum atomic E-state index is 11.7. The van der Waals surface area contributed by atoms with Crippen molar-refractivity contribution in [2.45, 2.75) is 6.92 Å². The molecule has 0 aliphatic carbocycles. The molecule has 0 spiro atoms. The highest BCUT2D eigenvalue weighted by molar-refractivity contribution is 6.04. The molecule has 0 unspecified atom stereocenters. The Morgan fingerprint density at radius 1 is 1.30 bits per heavy atom. The Morgan fingerprint density at radius 3 is 2.70 bits per heavy atom. The van der Waals surface area contributed by atoms with E-state index in [0.717, 1.165) is 0 Å². The van der Waals surface area contributed by atoms with Crippen molar-refractivity contribution in [2.24, 2.45) is 0 Å². The van der Waals surface area contributed by atoms with Crippen LogP contribution in [0, 0.1) is 22.7 Å². The van der Waals surface area contributed by atoms with Gasteiger partial charge >= 0.3 is 5.97 Å². The maximum Gasteiger partial charge on any atom is 0.350 e. The smallest absolute Gasteiger partial charge is 0.350 e. The van der Waals surface area contributed by atoms with Crippen molar-refractivity contribution >= 4 is 11.5 Å². The second-order valence-electron chi connectivity index (χ2n) is 3.76. The number of rotatable bonds is 3. The molecule has 6 nitrogen and oxygen atoms in total. The fourth-order valence-corrected chi connectivity index (χ4v) is 1.72. The van der Waals surface area contributed by atoms with E-state index in [0.29, 0.717) is 17.1 Å². The summed E-state index contributed by atoms with van der Waals surface area (Å²) in [5, 5.41) is 18.3. The first kappa shape index (κ1) is 13.4. The number of hydrogen-bond donors (Lipinski definition) is 0. The molecule has 0 saturated heterocycles. The van der Waals surface area contributed by atoms with Gasteiger partial charge in [-0.2, -0.15) is 10.5 Å². The Kier molecular flexibility index (Phi) is 3.88. The summed E-state index contributed by atoms with van der Waals surface area (Å²) in [4.78, 5) is 11.7. The highest BCUT2D eigenvalue weighted by Crippen LogP contribution is 2.35. The van der Waals surface area contributed by atoms with Gasteiger partial charge in [-0.3, -0.25) is 0 Å². The zero-order chi connectivity index (χ0) is 14.5. The van der Waals surface area contributed by atoms with Crippen molar-refractivity contribution in [1.29, 1.82) is 10.5 Å². The second kappa shape index (κ2) is 5.77. The maximum absolute atomic E-state index is 11.7. The zero-order valence-corrected chi connectivity index (χ0v) is 10.7. The first-order chi connectivity index (χ1) is 9.71. The molecule has 1 heterocycles. The van der Waals surface area contributed by atoms with Crippen molar-refractivity contribution in [3.63, 3.8) is 0 Å². The zero-order valence-electron chi connectivity index (χ0n) is 10.7. The lowest BCUT2D eigenvalue weighted by molar-refractivity contribution is -0.137. The molecular formula is C14H10N2O4. The van der Waals surface area contributed by atoms with E-state index in [2.05, 4.69) is 0 Å². The van der Waals surface area contributed by atoms with Crippen molar-refractivity contribution in [1.82, 2.24) is 0 Å². The van der Waals surface area contributed by atoms with Crippen LogP contribution in [0.5, 0.6) is 11.5 Å². The van der Waals surface area contributed by atoms with Crippen molar-refractivity contribution in [3.8, 4) is 23.6 Å². The van der Waals surface area contributed by atoms with E-state index in [-0.39, 0.29) is 24.5 Å². The largest absolute Gasteiger partial charge is 0.462 e. The molecule has 6 heteroatoms. The molecule has 0 bridgehead atoms. The van der Waals surface area contributed by atoms with Crippen LogP contribution in [-0.2, 0) is 9.53 Å². The van der Waals surface area contributed by atoms with Gasteiger partial charge in [-0.05, 0) is 30.7 Å². The van der Waals surface area contributed by atoms with Crippen LogP contribution in [0.25, 0.3) is 5.57 Å². The van der Waals surface area contributed by atoms with Gasteiger partial charge in [0.1, 0.15) is 12.1 Å². The summed E-state index contributed by atoms with van der Waals surface area (Å²) in [6.07, 6.45) is 0. The Bertz CT molecular complexity index is 665. The van der Waals surface area contributed by atoms with Gasteiger partial charge in [-0.25, -0.2) is 4.79 Å². The van der Waals surface area contributed by atoms with Gasteiger partial charge in [0.2, 0.25) is 6.79 Å². The highest BCUT2D eigenvalue weighted by Gasteiger charge is 2.21. The number of nitrogens with zero attached hydrogens (tertiary/aromatic N) is 2. The van der Waals surface area contributed by atoms with Gasteiger partial charge in [-0.15, -0.1) is 0 Å². The first-order valence-electron chi connectivity index (χ1n) is 5.82. The second-order valence-corrected chi connectivity index (χ2v) is 3.76. The number of carbonyl (C=O) groups excluding carboxylic acids is 1. The monoisotopic (exact) mass is 270 g/mol. The van der Waals surface area contributed by atoms with Crippen LogP contribution < -0.4 is 9.47 Å². The molecule has 2 rings (SSSR count). The molecule has 1 aliphatic heterocycles. The summed E-state index contributed by atoms with van der Waals surface area (Å²) in [7, 11) is 0. The molecule has 0 aromatic heterocycles. The van der Waals surface area contributed by atoms with Gasteiger partial charge in [0.25, 0.3) is 0 Å². The molecule has 100 valence electrons. The van der Waals surface area contributed by atoms with Crippen molar-refractivity contribution in [3.05, 3.63) is 29.3 Å². The lowest BCUT2D eigenvalue weighted by atomic mass is 10.0. The quantitative estimate of drug-likeness (QED) is 0.472. The number of nitriles is 2. The topological polar surface area (TPSA) is 92.3 Å². The van der Waals surface area contributed by atoms with E-state index in [9.17, 15) is 10.1 Å². The van der Waals surface area contributed by atoms with E-state index in [1.54, 1.807) is 31.2 Å². The number of hydrogen-bond acceptors (Lipinski definition) is 6. The van der Waals surface area contributed by atoms with Gasteiger partial charge in [0.05, 0.1) is 12.2 Å². The van der Waals surface area contributed by atoms with Crippen LogP contribution in [0.15, 0.2) is 23.8 Å². The summed E-state index contributed by atoms with van der Waals surface area (Å²) in [6.45, 7) is 1.86. The van der Waals surface area contributed by atoms with E-state index >= 15 is 0 Å². The van der Waals surface area contributed by atoms with Gasteiger partial charge in [-0.1, -0.05) is 0 Å². The lowest BCUT2D eigenvalue weighted by Crippen LogP contribution is -2.08. The van der Waals surface area contributed by atoms with Crippen LogP contribution in [0.1, 0.15) is 12.5 Å². The molecule has 0 saturated carbocycles. The molecule has 0 fully saturated rings. The Balaban J connectivity index is 2.49. The third kappa shape index (κ3) is 2.40. The summed E-state index contributed by atoms with van der Waals surface area (Å²) in [6, 6.07) is 8.33. The van der Waals surface area contributed by atoms with E-state index in [1.165, 1.54) is 0 Å². The van der Waals surface area contributed by atoms with Crippen LogP contribution in [0.3, 0.4) is 0 Å². The molecule has 0 N–H and O–H groups in total. The predicted molar refractivity (Wildman–Crippen MR) is 67.3 cm³/mol. The molecule has 0 atom stereocenters. The van der Waals surface area contributed by atoms with E-state index in [4.69, 9.17) is 19.5 Å².